The third kappa shape index (κ3) is 2.68. The highest BCUT2D eigenvalue weighted by Crippen LogP contribution is 2.32. The van der Waals surface area contributed by atoms with Gasteiger partial charge < -0.3 is 5.11 Å². The molecule has 0 aliphatic heterocycles. The monoisotopic (exact) mass is 312 g/mol. The van der Waals surface area contributed by atoms with Crippen LogP contribution in [0.1, 0.15) is 0 Å². The van der Waals surface area contributed by atoms with Crippen molar-refractivity contribution in [3.63, 3.8) is 0 Å². The Morgan fingerprint density at radius 1 is 0.708 bits per heavy atom. The minimum absolute atomic E-state index is 0.227. The maximum absolute atomic E-state index is 9.74. The van der Waals surface area contributed by atoms with Gasteiger partial charge in [0.25, 0.3) is 0 Å². The fourth-order valence-corrected chi connectivity index (χ4v) is 2.78. The van der Waals surface area contributed by atoms with Gasteiger partial charge in [-0.15, -0.1) is 0 Å². The van der Waals surface area contributed by atoms with Crippen molar-refractivity contribution in [1.82, 2.24) is 9.78 Å². The van der Waals surface area contributed by atoms with E-state index in [4.69, 9.17) is 5.10 Å². The lowest BCUT2D eigenvalue weighted by Gasteiger charge is -2.02. The average Bonchev–Trinajstić information content (AvgIpc) is 3.09. The van der Waals surface area contributed by atoms with E-state index in [1.807, 2.05) is 59.4 Å². The van der Waals surface area contributed by atoms with Gasteiger partial charge in [0.05, 0.1) is 5.69 Å². The van der Waals surface area contributed by atoms with Crippen molar-refractivity contribution < 1.29 is 5.11 Å². The van der Waals surface area contributed by atoms with E-state index in [9.17, 15) is 5.11 Å². The molecule has 0 fully saturated rings. The number of rotatable bonds is 3. The largest absolute Gasteiger partial charge is 0.508 e. The van der Waals surface area contributed by atoms with Crippen LogP contribution in [0.4, 0.5) is 0 Å². The third-order valence-corrected chi connectivity index (χ3v) is 3.94. The first-order valence-electron chi connectivity index (χ1n) is 7.81. The molecule has 0 saturated heterocycles. The quantitative estimate of drug-likeness (QED) is 0.583. The summed E-state index contributed by atoms with van der Waals surface area (Å²) in [6.45, 7) is 0. The molecule has 3 heteroatoms. The average molecular weight is 312 g/mol. The van der Waals surface area contributed by atoms with Crippen LogP contribution in [0.3, 0.4) is 0 Å². The SMILES string of the molecule is Oc1cccc(-n2cc(-c3ccccc3)c(-c3ccccc3)n2)c1. The van der Waals surface area contributed by atoms with Gasteiger partial charge in [-0.05, 0) is 17.7 Å². The number of phenols is 1. The zero-order valence-electron chi connectivity index (χ0n) is 13.0. The van der Waals surface area contributed by atoms with E-state index < -0.39 is 0 Å². The topological polar surface area (TPSA) is 38.0 Å². The van der Waals surface area contributed by atoms with E-state index in [0.29, 0.717) is 0 Å². The summed E-state index contributed by atoms with van der Waals surface area (Å²) in [7, 11) is 0. The Balaban J connectivity index is 1.91. The van der Waals surface area contributed by atoms with Crippen LogP contribution in [-0.2, 0) is 0 Å². The molecular formula is C21H16N2O. The maximum Gasteiger partial charge on any atom is 0.117 e. The van der Waals surface area contributed by atoms with Crippen LogP contribution in [0.5, 0.6) is 5.75 Å². The van der Waals surface area contributed by atoms with Crippen molar-refractivity contribution in [1.29, 1.82) is 0 Å². The molecule has 116 valence electrons. The Hall–Kier alpha value is -3.33. The molecule has 0 atom stereocenters. The van der Waals surface area contributed by atoms with Gasteiger partial charge >= 0.3 is 0 Å². The van der Waals surface area contributed by atoms with Crippen LogP contribution < -0.4 is 0 Å². The predicted molar refractivity (Wildman–Crippen MR) is 96.1 cm³/mol. The Bertz CT molecular complexity index is 903. The van der Waals surface area contributed by atoms with E-state index in [-0.39, 0.29) is 5.75 Å². The van der Waals surface area contributed by atoms with Gasteiger partial charge in [-0.3, -0.25) is 0 Å². The van der Waals surface area contributed by atoms with E-state index in [0.717, 1.165) is 28.1 Å². The van der Waals surface area contributed by atoms with Gasteiger partial charge in [-0.2, -0.15) is 5.10 Å². The molecule has 1 aromatic heterocycles. The lowest BCUT2D eigenvalue weighted by atomic mass is 10.0. The molecule has 24 heavy (non-hydrogen) atoms. The first-order chi connectivity index (χ1) is 11.8. The number of hydrogen-bond acceptors (Lipinski definition) is 2. The van der Waals surface area contributed by atoms with Crippen molar-refractivity contribution in [3.8, 4) is 33.8 Å². The highest BCUT2D eigenvalue weighted by atomic mass is 16.3. The summed E-state index contributed by atoms with van der Waals surface area (Å²) in [6.07, 6.45) is 2.01. The van der Waals surface area contributed by atoms with Crippen molar-refractivity contribution in [2.45, 2.75) is 0 Å². The van der Waals surface area contributed by atoms with Crippen LogP contribution in [0.2, 0.25) is 0 Å². The lowest BCUT2D eigenvalue weighted by molar-refractivity contribution is 0.475. The van der Waals surface area contributed by atoms with Gasteiger partial charge in [0.2, 0.25) is 0 Å². The first-order valence-corrected chi connectivity index (χ1v) is 7.81. The smallest absolute Gasteiger partial charge is 0.117 e. The van der Waals surface area contributed by atoms with Crippen molar-refractivity contribution >= 4 is 0 Å². The summed E-state index contributed by atoms with van der Waals surface area (Å²) in [5, 5.41) is 14.5. The molecule has 1 heterocycles. The van der Waals surface area contributed by atoms with Crippen molar-refractivity contribution in [2.24, 2.45) is 0 Å². The summed E-state index contributed by atoms with van der Waals surface area (Å²) in [5.74, 6) is 0.227. The molecule has 3 aromatic carbocycles. The van der Waals surface area contributed by atoms with Crippen LogP contribution in [0, 0.1) is 0 Å². The number of hydrogen-bond donors (Lipinski definition) is 1. The molecule has 4 aromatic rings. The molecule has 0 aliphatic carbocycles. The molecule has 3 nitrogen and oxygen atoms in total. The highest BCUT2D eigenvalue weighted by Gasteiger charge is 2.13. The fraction of sp³-hybridized carbons (Fsp3) is 0. The summed E-state index contributed by atoms with van der Waals surface area (Å²) >= 11 is 0. The van der Waals surface area contributed by atoms with Crippen LogP contribution in [-0.4, -0.2) is 14.9 Å². The Kier molecular flexibility index (Phi) is 3.60. The fourth-order valence-electron chi connectivity index (χ4n) is 2.78. The van der Waals surface area contributed by atoms with Gasteiger partial charge in [-0.25, -0.2) is 4.68 Å². The summed E-state index contributed by atoms with van der Waals surface area (Å²) in [4.78, 5) is 0. The molecule has 0 unspecified atom stereocenters. The lowest BCUT2D eigenvalue weighted by Crippen LogP contribution is -1.94. The minimum atomic E-state index is 0.227. The molecule has 1 N–H and O–H groups in total. The molecule has 0 amide bonds. The zero-order chi connectivity index (χ0) is 16.4. The molecule has 0 radical (unpaired) electrons. The minimum Gasteiger partial charge on any atom is -0.508 e. The number of aromatic nitrogens is 2. The first kappa shape index (κ1) is 14.3. The second kappa shape index (κ2) is 6.05. The number of benzene rings is 3. The number of nitrogens with zero attached hydrogens (tertiary/aromatic N) is 2. The molecule has 4 rings (SSSR count). The highest BCUT2D eigenvalue weighted by molar-refractivity contribution is 5.80. The van der Waals surface area contributed by atoms with E-state index >= 15 is 0 Å². The zero-order valence-corrected chi connectivity index (χ0v) is 13.0. The number of phenolic OH excluding ortho intramolecular Hbond substituents is 1. The molecule has 0 saturated carbocycles. The second-order valence-electron chi connectivity index (χ2n) is 5.59. The van der Waals surface area contributed by atoms with E-state index in [1.165, 1.54) is 0 Å². The van der Waals surface area contributed by atoms with Crippen molar-refractivity contribution in [2.75, 3.05) is 0 Å². The van der Waals surface area contributed by atoms with Gasteiger partial charge in [0, 0.05) is 23.4 Å². The van der Waals surface area contributed by atoms with Crippen LogP contribution in [0.25, 0.3) is 28.1 Å². The molecule has 0 aliphatic rings. The maximum atomic E-state index is 9.74. The van der Waals surface area contributed by atoms with E-state index in [1.54, 1.807) is 12.1 Å². The Morgan fingerprint density at radius 2 is 1.38 bits per heavy atom. The molecule has 0 spiro atoms. The van der Waals surface area contributed by atoms with Crippen molar-refractivity contribution in [3.05, 3.63) is 91.1 Å². The van der Waals surface area contributed by atoms with Gasteiger partial charge in [0.15, 0.2) is 0 Å². The summed E-state index contributed by atoms with van der Waals surface area (Å²) in [6, 6.07) is 27.5. The molecule has 0 bridgehead atoms. The molecular weight excluding hydrogens is 296 g/mol. The Labute approximate surface area is 140 Å². The van der Waals surface area contributed by atoms with Gasteiger partial charge in [0.1, 0.15) is 11.4 Å². The summed E-state index contributed by atoms with van der Waals surface area (Å²) in [5.41, 5.74) is 4.99. The predicted octanol–water partition coefficient (Wildman–Crippen LogP) is 4.91. The van der Waals surface area contributed by atoms with Crippen LogP contribution in [0.15, 0.2) is 91.1 Å². The second-order valence-corrected chi connectivity index (χ2v) is 5.59. The summed E-state index contributed by atoms with van der Waals surface area (Å²) < 4.78 is 1.81. The van der Waals surface area contributed by atoms with Gasteiger partial charge in [-0.1, -0.05) is 66.7 Å². The van der Waals surface area contributed by atoms with Crippen LogP contribution >= 0.6 is 0 Å². The third-order valence-electron chi connectivity index (χ3n) is 3.94. The normalized spacial score (nSPS) is 10.7. The van der Waals surface area contributed by atoms with E-state index in [2.05, 4.69) is 24.3 Å². The Morgan fingerprint density at radius 3 is 2.04 bits per heavy atom. The number of aromatic hydroxyl groups is 1. The standard InChI is InChI=1S/C21H16N2O/c24-19-13-7-12-18(14-19)23-15-20(16-8-3-1-4-9-16)21(22-23)17-10-5-2-6-11-17/h1-15,24H.